The monoisotopic (exact) mass is 385 g/mol. The van der Waals surface area contributed by atoms with Crippen LogP contribution >= 0.6 is 0 Å². The van der Waals surface area contributed by atoms with E-state index in [1.807, 2.05) is 19.0 Å². The summed E-state index contributed by atoms with van der Waals surface area (Å²) < 4.78 is 37.7. The first-order valence-corrected chi connectivity index (χ1v) is 9.03. The molecule has 1 N–H and O–H groups in total. The van der Waals surface area contributed by atoms with Crippen molar-refractivity contribution in [2.75, 3.05) is 40.3 Å². The number of nitrogens with one attached hydrogen (secondary N) is 1. The Morgan fingerprint density at radius 3 is 2.52 bits per heavy atom. The van der Waals surface area contributed by atoms with E-state index in [0.29, 0.717) is 38.9 Å². The van der Waals surface area contributed by atoms with Crippen LogP contribution in [0.25, 0.3) is 0 Å². The molecule has 1 saturated heterocycles. The Morgan fingerprint density at radius 2 is 1.93 bits per heavy atom. The summed E-state index contributed by atoms with van der Waals surface area (Å²) in [5.41, 5.74) is 0.0507. The summed E-state index contributed by atoms with van der Waals surface area (Å²) in [6.07, 6.45) is -2.99. The van der Waals surface area contributed by atoms with E-state index in [1.54, 1.807) is 4.90 Å². The van der Waals surface area contributed by atoms with Crippen LogP contribution in [0, 0.1) is 5.92 Å². The molecule has 27 heavy (non-hydrogen) atoms. The van der Waals surface area contributed by atoms with Gasteiger partial charge in [-0.25, -0.2) is 0 Å². The van der Waals surface area contributed by atoms with Gasteiger partial charge in [-0.3, -0.25) is 9.59 Å². The van der Waals surface area contributed by atoms with Crippen molar-refractivity contribution in [2.24, 2.45) is 5.92 Å². The van der Waals surface area contributed by atoms with Gasteiger partial charge in [-0.15, -0.1) is 0 Å². The molecule has 1 aromatic rings. The summed E-state index contributed by atoms with van der Waals surface area (Å²) in [5, 5.41) is 2.84. The van der Waals surface area contributed by atoms with Crippen LogP contribution in [-0.4, -0.2) is 61.9 Å². The highest BCUT2D eigenvalue weighted by Crippen LogP contribution is 2.29. The quantitative estimate of drug-likeness (QED) is 0.783. The second kappa shape index (κ2) is 9.21. The van der Waals surface area contributed by atoms with Crippen LogP contribution in [0.1, 0.15) is 24.0 Å². The summed E-state index contributed by atoms with van der Waals surface area (Å²) in [6, 6.07) is 4.95. The molecular weight excluding hydrogens is 359 g/mol. The normalized spacial score (nSPS) is 18.1. The number of nitrogens with zero attached hydrogens (tertiary/aromatic N) is 2. The zero-order valence-corrected chi connectivity index (χ0v) is 15.7. The third-order valence-electron chi connectivity index (χ3n) is 4.68. The summed E-state index contributed by atoms with van der Waals surface area (Å²) in [6.45, 7) is 2.11. The molecule has 1 aromatic carbocycles. The van der Waals surface area contributed by atoms with Gasteiger partial charge in [-0.05, 0) is 44.6 Å². The van der Waals surface area contributed by atoms with E-state index < -0.39 is 11.7 Å². The summed E-state index contributed by atoms with van der Waals surface area (Å²) in [4.78, 5) is 28.0. The average molecular weight is 385 g/mol. The molecule has 0 aromatic heterocycles. The molecule has 0 bridgehead atoms. The molecule has 1 heterocycles. The molecule has 2 rings (SSSR count). The van der Waals surface area contributed by atoms with Gasteiger partial charge in [-0.1, -0.05) is 12.1 Å². The van der Waals surface area contributed by atoms with Crippen LogP contribution < -0.4 is 5.32 Å². The molecule has 5 nitrogen and oxygen atoms in total. The average Bonchev–Trinajstić information content (AvgIpc) is 2.60. The van der Waals surface area contributed by atoms with Crippen LogP contribution in [0.4, 0.5) is 13.2 Å². The van der Waals surface area contributed by atoms with Gasteiger partial charge in [-0.2, -0.15) is 13.2 Å². The molecule has 0 spiro atoms. The standard InChI is InChI=1S/C19H26F3N3O2/c1-24(2)11-12-25-13-15(5-8-17(25)26)18(27)23-10-9-14-3-6-16(7-4-14)19(20,21)22/h3-4,6-7,15H,5,8-13H2,1-2H3,(H,23,27)/t15-/m0/s1. The van der Waals surface area contributed by atoms with Gasteiger partial charge < -0.3 is 15.1 Å². The molecule has 1 atom stereocenters. The van der Waals surface area contributed by atoms with Gasteiger partial charge in [0.1, 0.15) is 0 Å². The second-order valence-electron chi connectivity index (χ2n) is 7.11. The number of benzene rings is 1. The SMILES string of the molecule is CN(C)CCN1C[C@@H](C(=O)NCCc2ccc(C(F)(F)F)cc2)CCC1=O. The Kier molecular flexibility index (Phi) is 7.24. The van der Waals surface area contributed by atoms with Gasteiger partial charge in [0.05, 0.1) is 11.5 Å². The lowest BCUT2D eigenvalue weighted by Crippen LogP contribution is -2.47. The third-order valence-corrected chi connectivity index (χ3v) is 4.68. The zero-order valence-electron chi connectivity index (χ0n) is 15.7. The number of rotatable bonds is 7. The highest BCUT2D eigenvalue weighted by atomic mass is 19.4. The van der Waals surface area contributed by atoms with Crippen LogP contribution in [-0.2, 0) is 22.2 Å². The van der Waals surface area contributed by atoms with Crippen molar-refractivity contribution in [3.05, 3.63) is 35.4 Å². The Bertz CT molecular complexity index is 645. The number of piperidine rings is 1. The fraction of sp³-hybridized carbons (Fsp3) is 0.579. The van der Waals surface area contributed by atoms with Crippen molar-refractivity contribution in [3.8, 4) is 0 Å². The number of likely N-dealkylation sites (N-methyl/N-ethyl adjacent to an activating group) is 1. The van der Waals surface area contributed by atoms with E-state index in [1.165, 1.54) is 12.1 Å². The van der Waals surface area contributed by atoms with E-state index in [4.69, 9.17) is 0 Å². The number of likely N-dealkylation sites (tertiary alicyclic amines) is 1. The molecule has 0 radical (unpaired) electrons. The van der Waals surface area contributed by atoms with Crippen LogP contribution in [0.3, 0.4) is 0 Å². The smallest absolute Gasteiger partial charge is 0.355 e. The molecule has 8 heteroatoms. The van der Waals surface area contributed by atoms with Crippen molar-refractivity contribution < 1.29 is 22.8 Å². The van der Waals surface area contributed by atoms with E-state index in [0.717, 1.165) is 24.2 Å². The summed E-state index contributed by atoms with van der Waals surface area (Å²) in [7, 11) is 3.86. The van der Waals surface area contributed by atoms with Crippen molar-refractivity contribution in [3.63, 3.8) is 0 Å². The van der Waals surface area contributed by atoms with E-state index in [-0.39, 0.29) is 17.7 Å². The fourth-order valence-electron chi connectivity index (χ4n) is 3.00. The maximum absolute atomic E-state index is 12.6. The molecule has 0 saturated carbocycles. The van der Waals surface area contributed by atoms with Crippen LogP contribution in [0.15, 0.2) is 24.3 Å². The highest BCUT2D eigenvalue weighted by molar-refractivity contribution is 5.83. The molecule has 1 fully saturated rings. The first kappa shape index (κ1) is 21.2. The van der Waals surface area contributed by atoms with Crippen LogP contribution in [0.5, 0.6) is 0 Å². The lowest BCUT2D eigenvalue weighted by Gasteiger charge is -2.32. The van der Waals surface area contributed by atoms with Crippen molar-refractivity contribution in [1.82, 2.24) is 15.1 Å². The molecule has 150 valence electrons. The maximum Gasteiger partial charge on any atom is 0.416 e. The molecule has 0 aliphatic carbocycles. The lowest BCUT2D eigenvalue weighted by molar-refractivity contribution is -0.139. The first-order valence-electron chi connectivity index (χ1n) is 9.03. The second-order valence-corrected chi connectivity index (χ2v) is 7.11. The Morgan fingerprint density at radius 1 is 1.26 bits per heavy atom. The molecule has 1 aliphatic rings. The van der Waals surface area contributed by atoms with Gasteiger partial charge in [0.2, 0.25) is 11.8 Å². The van der Waals surface area contributed by atoms with Gasteiger partial charge >= 0.3 is 6.18 Å². The minimum absolute atomic E-state index is 0.0747. The first-order chi connectivity index (χ1) is 12.7. The third kappa shape index (κ3) is 6.53. The fourth-order valence-corrected chi connectivity index (χ4v) is 3.00. The highest BCUT2D eigenvalue weighted by Gasteiger charge is 2.30. The number of hydrogen-bond acceptors (Lipinski definition) is 3. The lowest BCUT2D eigenvalue weighted by atomic mass is 9.96. The zero-order chi connectivity index (χ0) is 20.0. The van der Waals surface area contributed by atoms with Crippen molar-refractivity contribution in [1.29, 1.82) is 0 Å². The predicted molar refractivity (Wildman–Crippen MR) is 96.0 cm³/mol. The van der Waals surface area contributed by atoms with E-state index >= 15 is 0 Å². The molecular formula is C19H26F3N3O2. The summed E-state index contributed by atoms with van der Waals surface area (Å²) >= 11 is 0. The van der Waals surface area contributed by atoms with Gasteiger partial charge in [0.15, 0.2) is 0 Å². The van der Waals surface area contributed by atoms with E-state index in [2.05, 4.69) is 5.32 Å². The minimum Gasteiger partial charge on any atom is -0.355 e. The van der Waals surface area contributed by atoms with Gasteiger partial charge in [0.25, 0.3) is 0 Å². The molecule has 2 amide bonds. The van der Waals surface area contributed by atoms with Crippen LogP contribution in [0.2, 0.25) is 0 Å². The number of carbonyl (C=O) groups is 2. The number of carbonyl (C=O) groups excluding carboxylic acids is 2. The number of amides is 2. The van der Waals surface area contributed by atoms with Crippen molar-refractivity contribution in [2.45, 2.75) is 25.4 Å². The number of alkyl halides is 3. The van der Waals surface area contributed by atoms with Gasteiger partial charge in [0, 0.05) is 32.6 Å². The predicted octanol–water partition coefficient (Wildman–Crippen LogP) is 2.16. The minimum atomic E-state index is -4.34. The Balaban J connectivity index is 1.79. The molecule has 1 aliphatic heterocycles. The maximum atomic E-state index is 12.6. The van der Waals surface area contributed by atoms with E-state index in [9.17, 15) is 22.8 Å². The Labute approximate surface area is 157 Å². The largest absolute Gasteiger partial charge is 0.416 e. The molecule has 0 unspecified atom stereocenters. The topological polar surface area (TPSA) is 52.6 Å². The summed E-state index contributed by atoms with van der Waals surface area (Å²) in [5.74, 6) is -0.271. The number of halogens is 3. The Hall–Kier alpha value is -2.09. The number of hydrogen-bond donors (Lipinski definition) is 1. The van der Waals surface area contributed by atoms with Crippen molar-refractivity contribution >= 4 is 11.8 Å².